The van der Waals surface area contributed by atoms with Gasteiger partial charge in [-0.3, -0.25) is 24.0 Å². The van der Waals surface area contributed by atoms with Crippen molar-refractivity contribution in [2.24, 2.45) is 11.8 Å². The van der Waals surface area contributed by atoms with Crippen LogP contribution < -0.4 is 37.2 Å². The minimum Gasteiger partial charge on any atom is -0.444 e. The lowest BCUT2D eigenvalue weighted by molar-refractivity contribution is -0.134. The van der Waals surface area contributed by atoms with Crippen molar-refractivity contribution in [3.63, 3.8) is 0 Å². The Labute approximate surface area is 510 Å². The van der Waals surface area contributed by atoms with Crippen molar-refractivity contribution in [1.82, 2.24) is 37.2 Å². The van der Waals surface area contributed by atoms with Crippen LogP contribution >= 0.6 is 11.8 Å². The molecule has 0 aliphatic carbocycles. The first-order valence-corrected chi connectivity index (χ1v) is 34.6. The number of urea groups is 1. The molecule has 0 radical (unpaired) electrons. The van der Waals surface area contributed by atoms with E-state index in [0.717, 1.165) is 54.5 Å². The zero-order chi connectivity index (χ0) is 61.7. The number of nitrogens with one attached hydrogen (secondary N) is 7. The molecule has 8 atom stereocenters. The first-order chi connectivity index (χ1) is 40.3. The molecule has 2 heterocycles. The molecule has 18 heteroatoms. The van der Waals surface area contributed by atoms with Crippen molar-refractivity contribution in [2.45, 2.75) is 198 Å². The lowest BCUT2D eigenvalue weighted by Gasteiger charge is -2.42. The predicted octanol–water partition coefficient (Wildman–Crippen LogP) is 10.4. The number of ketones is 1. The number of hydrogen-bond acceptors (Lipinski definition) is 10. The minimum absolute atomic E-state index is 0.0196. The lowest BCUT2D eigenvalue weighted by atomic mass is 9.88. The Morgan fingerprint density at radius 3 is 1.81 bits per heavy atom. The molecule has 7 amide bonds. The molecule has 6 rings (SSSR count). The number of thioether (sulfide) groups is 1. The first kappa shape index (κ1) is 67.6. The fourth-order valence-electron chi connectivity index (χ4n) is 10.5. The smallest absolute Gasteiger partial charge is 0.407 e. The highest BCUT2D eigenvalue weighted by atomic mass is 32.2. The van der Waals surface area contributed by atoms with Gasteiger partial charge in [-0.2, -0.15) is 11.8 Å². The fraction of sp³-hybridized carbons (Fsp3) is 0.537. The molecule has 0 spiro atoms. The maximum Gasteiger partial charge on any atom is 0.407 e. The van der Waals surface area contributed by atoms with Gasteiger partial charge in [0.25, 0.3) is 0 Å². The Bertz CT molecular complexity index is 2790. The molecule has 2 fully saturated rings. The molecule has 462 valence electrons. The second-order valence-corrected chi connectivity index (χ2v) is 31.9. The van der Waals surface area contributed by atoms with E-state index in [9.17, 15) is 28.8 Å². The highest BCUT2D eigenvalue weighted by molar-refractivity contribution is 8.00. The minimum atomic E-state index is -2.65. The monoisotopic (exact) mass is 1200 g/mol. The predicted molar refractivity (Wildman–Crippen MR) is 341 cm³/mol. The SMILES string of the molecule is CC(C)C[C@H](NC(=O)[C@H](Cc1ccc(C(=O)c2ccccc2)cc1)C[C@@H](O[Si](C)(C)C(C)(C)C)[C@H](Cc1ccccc1)NC(=O)OC(C)(C)C)C(=O)N[C@@H](Cc1ccccc1)C(=O)NCCCCCNC(=O)CCCC[C@@H]1SC[C@@H]2NC(=O)N[C@@H]21. The largest absolute Gasteiger partial charge is 0.444 e. The zero-order valence-electron chi connectivity index (χ0n) is 51.9. The number of rotatable bonds is 32. The second-order valence-electron chi connectivity index (χ2n) is 25.9. The molecule has 0 saturated carbocycles. The van der Waals surface area contributed by atoms with E-state index in [1.54, 1.807) is 24.3 Å². The molecule has 16 nitrogen and oxygen atoms in total. The van der Waals surface area contributed by atoms with E-state index in [-0.39, 0.29) is 72.4 Å². The van der Waals surface area contributed by atoms with Gasteiger partial charge < -0.3 is 46.4 Å². The van der Waals surface area contributed by atoms with Crippen LogP contribution in [0.1, 0.15) is 146 Å². The Balaban J connectivity index is 1.17. The van der Waals surface area contributed by atoms with Crippen LogP contribution in [0.3, 0.4) is 0 Å². The van der Waals surface area contributed by atoms with Crippen LogP contribution in [0.5, 0.6) is 0 Å². The number of ether oxygens (including phenoxy) is 1. The fourth-order valence-corrected chi connectivity index (χ4v) is 13.4. The molecule has 4 aromatic carbocycles. The molecule has 0 unspecified atom stereocenters. The molecular weight excluding hydrogens is 1110 g/mol. The van der Waals surface area contributed by atoms with Crippen LogP contribution in [0.2, 0.25) is 18.1 Å². The molecule has 2 aliphatic heterocycles. The van der Waals surface area contributed by atoms with E-state index in [2.05, 4.69) is 71.1 Å². The zero-order valence-corrected chi connectivity index (χ0v) is 53.7. The molecule has 2 aliphatic rings. The van der Waals surface area contributed by atoms with Crippen molar-refractivity contribution in [3.05, 3.63) is 143 Å². The first-order valence-electron chi connectivity index (χ1n) is 30.6. The van der Waals surface area contributed by atoms with Gasteiger partial charge in [-0.15, -0.1) is 0 Å². The summed E-state index contributed by atoms with van der Waals surface area (Å²) in [5, 5.41) is 21.6. The number of amides is 7. The topological polar surface area (TPSA) is 222 Å². The average molecular weight is 1200 g/mol. The van der Waals surface area contributed by atoms with Gasteiger partial charge in [0.05, 0.1) is 24.2 Å². The summed E-state index contributed by atoms with van der Waals surface area (Å²) < 4.78 is 13.2. The van der Waals surface area contributed by atoms with E-state index in [0.29, 0.717) is 48.7 Å². The van der Waals surface area contributed by atoms with Gasteiger partial charge in [-0.25, -0.2) is 9.59 Å². The highest BCUT2D eigenvalue weighted by Crippen LogP contribution is 2.39. The number of alkyl carbamates (subject to hydrolysis) is 1. The third-order valence-corrected chi connectivity index (χ3v) is 22.1. The third kappa shape index (κ3) is 22.4. The summed E-state index contributed by atoms with van der Waals surface area (Å²) in [5.41, 5.74) is 2.85. The van der Waals surface area contributed by atoms with Crippen LogP contribution in [0.15, 0.2) is 115 Å². The van der Waals surface area contributed by atoms with Crippen molar-refractivity contribution < 1.29 is 42.7 Å². The third-order valence-electron chi connectivity index (χ3n) is 16.1. The van der Waals surface area contributed by atoms with E-state index in [1.165, 1.54) is 0 Å². The van der Waals surface area contributed by atoms with Crippen molar-refractivity contribution in [1.29, 1.82) is 0 Å². The normalized spacial score (nSPS) is 17.7. The van der Waals surface area contributed by atoms with Gasteiger partial charge >= 0.3 is 12.1 Å². The van der Waals surface area contributed by atoms with E-state index in [4.69, 9.17) is 9.16 Å². The Kier molecular flexibility index (Phi) is 25.7. The molecular formula is C67H95N7O9SSi. The van der Waals surface area contributed by atoms with E-state index < -0.39 is 62.0 Å². The summed E-state index contributed by atoms with van der Waals surface area (Å²) >= 11 is 1.88. The van der Waals surface area contributed by atoms with E-state index in [1.807, 2.05) is 137 Å². The maximum atomic E-state index is 15.4. The summed E-state index contributed by atoms with van der Waals surface area (Å²) in [5.74, 6) is -1.30. The summed E-state index contributed by atoms with van der Waals surface area (Å²) in [6.07, 6.45) is 5.17. The number of benzene rings is 4. The standard InChI is InChI=1S/C67H95N7O9SSi/c1-45(2)39-53(63(79)71-54(42-47-27-17-12-18-28-47)62(78)69-38-24-14-23-37-68-58(75)32-22-21-31-57-59-55(44-84-57)72-64(80)74-59)70-61(77)51(40-48-33-35-50(36-34-48)60(76)49-29-19-13-20-30-49)43-56(83-85(9,10)67(6,7)8)52(41-46-25-15-11-16-26-46)73-65(81)82-66(3,4)5/h11-13,15-20,25-30,33-36,45,51-57,59H,14,21-24,31-32,37-44H2,1-10H3,(H,68,75)(H,69,78)(H,70,77)(H,71,79)(H,73,81)(H2,72,74,80)/t51-,52+,53+,54+,55+,56-,57+,59+/m1/s1. The second kappa shape index (κ2) is 32.3. The van der Waals surface area contributed by atoms with E-state index >= 15 is 4.79 Å². The molecule has 0 bridgehead atoms. The summed E-state index contributed by atoms with van der Waals surface area (Å²) in [6, 6.07) is 33.2. The lowest BCUT2D eigenvalue weighted by Crippen LogP contribution is -2.56. The van der Waals surface area contributed by atoms with Crippen molar-refractivity contribution in [2.75, 3.05) is 18.8 Å². The van der Waals surface area contributed by atoms with Gasteiger partial charge in [-0.05, 0) is 119 Å². The molecule has 4 aromatic rings. The molecule has 85 heavy (non-hydrogen) atoms. The van der Waals surface area contributed by atoms with Crippen molar-refractivity contribution >= 4 is 61.6 Å². The summed E-state index contributed by atoms with van der Waals surface area (Å²) in [7, 11) is -2.65. The number of unbranched alkanes of at least 4 members (excludes halogenated alkanes) is 3. The Morgan fingerprint density at radius 1 is 0.624 bits per heavy atom. The van der Waals surface area contributed by atoms with Crippen molar-refractivity contribution in [3.8, 4) is 0 Å². The van der Waals surface area contributed by atoms with Gasteiger partial charge in [0.15, 0.2) is 14.1 Å². The van der Waals surface area contributed by atoms with Gasteiger partial charge in [0.2, 0.25) is 23.6 Å². The number of fused-ring (bicyclic) bond motifs is 1. The van der Waals surface area contributed by atoms with Crippen LogP contribution in [0.25, 0.3) is 0 Å². The highest BCUT2D eigenvalue weighted by Gasteiger charge is 2.44. The van der Waals surface area contributed by atoms with Crippen LogP contribution in [0.4, 0.5) is 9.59 Å². The van der Waals surface area contributed by atoms with Gasteiger partial charge in [0.1, 0.15) is 17.7 Å². The van der Waals surface area contributed by atoms with Crippen LogP contribution in [-0.4, -0.2) is 116 Å². The average Bonchev–Trinajstić information content (AvgIpc) is 4.27. The van der Waals surface area contributed by atoms with Gasteiger partial charge in [0, 0.05) is 54.0 Å². The maximum absolute atomic E-state index is 15.4. The molecule has 0 aromatic heterocycles. The summed E-state index contributed by atoms with van der Waals surface area (Å²) in [6.45, 7) is 21.0. The summed E-state index contributed by atoms with van der Waals surface area (Å²) in [4.78, 5) is 96.1. The van der Waals surface area contributed by atoms with Crippen LogP contribution in [-0.2, 0) is 47.6 Å². The Morgan fingerprint density at radius 2 is 1.20 bits per heavy atom. The number of carbonyl (C=O) groups is 7. The quantitative estimate of drug-likeness (QED) is 0.0106. The molecule has 7 N–H and O–H groups in total. The number of hydrogen-bond donors (Lipinski definition) is 7. The number of carbonyl (C=O) groups excluding carboxylic acids is 7. The van der Waals surface area contributed by atoms with Crippen LogP contribution in [0, 0.1) is 11.8 Å². The molecule has 2 saturated heterocycles. The Hall–Kier alpha value is -6.50. The van der Waals surface area contributed by atoms with Gasteiger partial charge in [-0.1, -0.05) is 156 Å².